The molecule has 4 amide bonds. The zero-order valence-corrected chi connectivity index (χ0v) is 37.8. The quantitative estimate of drug-likeness (QED) is 0.103. The summed E-state index contributed by atoms with van der Waals surface area (Å²) in [6.07, 6.45) is 4.85. The summed E-state index contributed by atoms with van der Waals surface area (Å²) in [4.78, 5) is 71.1. The minimum absolute atomic E-state index is 0.139. The minimum atomic E-state index is -0.749. The first-order valence-corrected chi connectivity index (χ1v) is 22.3. The molecular formula is C49H54N8O9. The topological polar surface area (TPSA) is 202 Å². The molecule has 0 aliphatic carbocycles. The number of methoxy groups -OCH3 is 3. The molecule has 5 atom stereocenters. The number of aromatic amines is 2. The summed E-state index contributed by atoms with van der Waals surface area (Å²) in [7, 11) is 4.20. The second-order valence-electron chi connectivity index (χ2n) is 17.3. The Morgan fingerprint density at radius 2 is 1.35 bits per heavy atom. The summed E-state index contributed by atoms with van der Waals surface area (Å²) in [5, 5.41) is 5.29. The summed E-state index contributed by atoms with van der Waals surface area (Å²) >= 11 is 0. The fourth-order valence-electron chi connectivity index (χ4n) is 9.57. The van der Waals surface area contributed by atoms with Crippen molar-refractivity contribution in [3.05, 3.63) is 101 Å². The van der Waals surface area contributed by atoms with E-state index in [9.17, 15) is 19.2 Å². The van der Waals surface area contributed by atoms with Gasteiger partial charge in [0.25, 0.3) is 0 Å². The van der Waals surface area contributed by atoms with E-state index in [0.717, 1.165) is 76.0 Å². The van der Waals surface area contributed by atoms with Gasteiger partial charge in [0.15, 0.2) is 6.10 Å². The highest BCUT2D eigenvalue weighted by molar-refractivity contribution is 6.00. The van der Waals surface area contributed by atoms with Crippen LogP contribution in [0, 0.1) is 5.92 Å². The molecule has 5 aromatic rings. The summed E-state index contributed by atoms with van der Waals surface area (Å²) in [5.74, 6) is 2.93. The number of fused-ring (bicyclic) bond motifs is 4. The maximum Gasteiger partial charge on any atom is 0.407 e. The molecule has 1 unspecified atom stereocenters. The fraction of sp³-hybridized carbons (Fsp3) is 0.388. The molecule has 4 aliphatic rings. The first-order valence-electron chi connectivity index (χ1n) is 22.3. The van der Waals surface area contributed by atoms with Crippen LogP contribution in [0.2, 0.25) is 0 Å². The van der Waals surface area contributed by atoms with Crippen molar-refractivity contribution in [3.63, 3.8) is 0 Å². The Bertz CT molecular complexity index is 2710. The largest absolute Gasteiger partial charge is 0.497 e. The van der Waals surface area contributed by atoms with Gasteiger partial charge in [-0.05, 0) is 62.8 Å². The molecule has 2 saturated heterocycles. The first kappa shape index (κ1) is 43.9. The van der Waals surface area contributed by atoms with E-state index in [-0.39, 0.29) is 29.8 Å². The summed E-state index contributed by atoms with van der Waals surface area (Å²) in [6, 6.07) is 18.1. The number of rotatable bonds is 11. The van der Waals surface area contributed by atoms with Crippen LogP contribution in [0.15, 0.2) is 73.1 Å². The number of carbonyl (C=O) groups is 4. The van der Waals surface area contributed by atoms with Crippen LogP contribution < -0.4 is 24.8 Å². The van der Waals surface area contributed by atoms with Crippen LogP contribution in [0.5, 0.6) is 17.2 Å². The minimum Gasteiger partial charge on any atom is -0.497 e. The number of ether oxygens (including phenoxy) is 5. The molecule has 2 fully saturated rings. The molecule has 17 heteroatoms. The molecule has 4 N–H and O–H groups in total. The molecule has 0 saturated carbocycles. The van der Waals surface area contributed by atoms with E-state index in [1.165, 1.54) is 14.2 Å². The molecule has 4 aliphatic heterocycles. The Kier molecular flexibility index (Phi) is 12.2. The average molecular weight is 899 g/mol. The van der Waals surface area contributed by atoms with Crippen molar-refractivity contribution in [2.45, 2.75) is 76.7 Å². The number of nitrogens with zero attached hydrogens (tertiary/aromatic N) is 4. The standard InChI is InChI=1S/C49H54N8O9/c1-26(2)42(55-49(61)64-6)47(59)57-19-9-13-38(57)45-51-23-35(53-45)28-15-17-33-39(21-28)65-25-34-32-16-14-29(22-40(32)66-43(41(33)34)30-10-7-11-31(20-30)62-4)36-24-50-44(54-36)37-12-8-18-56(37)46(58)27(3)52-48(60)63-5/h7,10-11,14-17,20-24,26-27,37-38,42-43H,8-9,12-13,18-19,25H2,1-6H3,(H,50,54)(H,51,53)(H,52,60)(H,55,61)/t27-,37-,38-,42-,43?/m0/s1. The van der Waals surface area contributed by atoms with Crippen LogP contribution in [0.4, 0.5) is 9.59 Å². The van der Waals surface area contributed by atoms with Crippen molar-refractivity contribution in [1.29, 1.82) is 0 Å². The summed E-state index contributed by atoms with van der Waals surface area (Å²) in [6.45, 7) is 6.85. The highest BCUT2D eigenvalue weighted by atomic mass is 16.5. The number of aromatic nitrogens is 4. The van der Waals surface area contributed by atoms with Crippen molar-refractivity contribution in [3.8, 4) is 39.8 Å². The molecule has 344 valence electrons. The summed E-state index contributed by atoms with van der Waals surface area (Å²) in [5.41, 5.74) is 8.02. The third-order valence-corrected chi connectivity index (χ3v) is 13.0. The Labute approximate surface area is 382 Å². The molecule has 0 spiro atoms. The third-order valence-electron chi connectivity index (χ3n) is 13.0. The number of nitrogens with one attached hydrogen (secondary N) is 4. The van der Waals surface area contributed by atoms with E-state index < -0.39 is 30.4 Å². The predicted octanol–water partition coefficient (Wildman–Crippen LogP) is 7.36. The highest BCUT2D eigenvalue weighted by Gasteiger charge is 2.39. The van der Waals surface area contributed by atoms with Gasteiger partial charge in [0.1, 0.15) is 47.6 Å². The van der Waals surface area contributed by atoms with Crippen molar-refractivity contribution in [2.24, 2.45) is 5.92 Å². The molecule has 3 aromatic carbocycles. The van der Waals surface area contributed by atoms with Gasteiger partial charge in [-0.25, -0.2) is 19.6 Å². The van der Waals surface area contributed by atoms with E-state index in [1.54, 1.807) is 36.2 Å². The zero-order valence-electron chi connectivity index (χ0n) is 37.8. The lowest BCUT2D eigenvalue weighted by atomic mass is 9.83. The summed E-state index contributed by atoms with van der Waals surface area (Å²) < 4.78 is 28.8. The van der Waals surface area contributed by atoms with E-state index >= 15 is 0 Å². The lowest BCUT2D eigenvalue weighted by molar-refractivity contribution is -0.135. The van der Waals surface area contributed by atoms with Gasteiger partial charge in [-0.15, -0.1) is 0 Å². The Balaban J connectivity index is 1.00. The molecule has 9 rings (SSSR count). The van der Waals surface area contributed by atoms with Gasteiger partial charge in [-0.3, -0.25) is 9.59 Å². The number of carbonyl (C=O) groups excluding carboxylic acids is 4. The number of alkyl carbamates (subject to hydrolysis) is 2. The lowest BCUT2D eigenvalue weighted by Gasteiger charge is -2.35. The van der Waals surface area contributed by atoms with Crippen molar-refractivity contribution in [2.75, 3.05) is 41.0 Å². The Morgan fingerprint density at radius 1 is 0.742 bits per heavy atom. The van der Waals surface area contributed by atoms with Gasteiger partial charge in [0, 0.05) is 52.1 Å². The van der Waals surface area contributed by atoms with E-state index in [2.05, 4.69) is 32.7 Å². The normalized spacial score (nSPS) is 19.5. The van der Waals surface area contributed by atoms with Gasteiger partial charge in [0.05, 0.1) is 57.2 Å². The Morgan fingerprint density at radius 3 is 1.97 bits per heavy atom. The van der Waals surface area contributed by atoms with Gasteiger partial charge in [-0.1, -0.05) is 50.2 Å². The van der Waals surface area contributed by atoms with Crippen molar-refractivity contribution in [1.82, 2.24) is 40.4 Å². The average Bonchev–Trinajstić information content (AvgIpc) is 4.19. The van der Waals surface area contributed by atoms with Gasteiger partial charge >= 0.3 is 12.2 Å². The lowest BCUT2D eigenvalue weighted by Crippen LogP contribution is -2.51. The van der Waals surface area contributed by atoms with Crippen LogP contribution in [-0.4, -0.2) is 107 Å². The molecule has 6 heterocycles. The number of hydrogen-bond acceptors (Lipinski definition) is 11. The van der Waals surface area contributed by atoms with Crippen LogP contribution in [-0.2, 0) is 19.1 Å². The molecular weight excluding hydrogens is 845 g/mol. The smallest absolute Gasteiger partial charge is 0.407 e. The maximum atomic E-state index is 13.8. The number of benzene rings is 3. The Hall–Kier alpha value is -7.30. The second kappa shape index (κ2) is 18.3. The van der Waals surface area contributed by atoms with E-state index in [0.29, 0.717) is 48.6 Å². The molecule has 0 radical (unpaired) electrons. The fourth-order valence-corrected chi connectivity index (χ4v) is 9.57. The SMILES string of the molecule is COC(=O)N[C@@H](C)C(=O)N1CCC[C@H]1c1ncc(-c2ccc3c(c2)OC(c2cccc(OC)c2)C2=C3COc3cc(-c4cnc([C@@H]5CCCN5C(=O)[C@@H](NC(=O)OC)C(C)C)[nH]4)ccc32)[nH]1. The zero-order chi connectivity index (χ0) is 46.2. The second-order valence-corrected chi connectivity index (χ2v) is 17.3. The van der Waals surface area contributed by atoms with Gasteiger partial charge < -0.3 is 54.1 Å². The van der Waals surface area contributed by atoms with Gasteiger partial charge in [0.2, 0.25) is 11.8 Å². The first-order chi connectivity index (χ1) is 32.0. The third kappa shape index (κ3) is 8.29. The van der Waals surface area contributed by atoms with E-state index in [4.69, 9.17) is 33.7 Å². The van der Waals surface area contributed by atoms with Crippen molar-refractivity contribution < 1.29 is 42.9 Å². The molecule has 66 heavy (non-hydrogen) atoms. The predicted molar refractivity (Wildman–Crippen MR) is 243 cm³/mol. The van der Waals surface area contributed by atoms with Crippen LogP contribution in [0.1, 0.15) is 93.0 Å². The number of hydrogen-bond donors (Lipinski definition) is 4. The van der Waals surface area contributed by atoms with Gasteiger partial charge in [-0.2, -0.15) is 0 Å². The molecule has 0 bridgehead atoms. The van der Waals surface area contributed by atoms with Crippen LogP contribution in [0.3, 0.4) is 0 Å². The van der Waals surface area contributed by atoms with E-state index in [1.807, 2.05) is 62.4 Å². The highest BCUT2D eigenvalue weighted by Crippen LogP contribution is 2.52. The van der Waals surface area contributed by atoms with Crippen LogP contribution in [0.25, 0.3) is 33.7 Å². The van der Waals surface area contributed by atoms with Crippen LogP contribution >= 0.6 is 0 Å². The maximum absolute atomic E-state index is 13.8. The number of imidazole rings is 2. The van der Waals surface area contributed by atoms with Crippen molar-refractivity contribution >= 4 is 35.1 Å². The number of H-pyrrole nitrogens is 2. The number of amides is 4. The monoisotopic (exact) mass is 898 g/mol. The molecule has 17 nitrogen and oxygen atoms in total. The molecule has 2 aromatic heterocycles. The number of likely N-dealkylation sites (tertiary alicyclic amines) is 2.